The molecule has 0 bridgehead atoms. The second-order valence-corrected chi connectivity index (χ2v) is 9.24. The second-order valence-electron chi connectivity index (χ2n) is 8.51. The van der Waals surface area contributed by atoms with Gasteiger partial charge in [-0.15, -0.1) is 0 Å². The van der Waals surface area contributed by atoms with E-state index in [-0.39, 0.29) is 41.8 Å². The molecule has 0 aliphatic heterocycles. The zero-order valence-corrected chi connectivity index (χ0v) is 19.6. The average Bonchev–Trinajstić information content (AvgIpc) is 2.74. The van der Waals surface area contributed by atoms with Crippen molar-refractivity contribution in [3.8, 4) is 0 Å². The molecule has 0 heterocycles. The smallest absolute Gasteiger partial charge is 0.423 e. The highest BCUT2D eigenvalue weighted by Gasteiger charge is 2.32. The van der Waals surface area contributed by atoms with Crippen molar-refractivity contribution in [2.45, 2.75) is 61.7 Å². The Kier molecular flexibility index (Phi) is 10.4. The van der Waals surface area contributed by atoms with Crippen LogP contribution in [0, 0.1) is 0 Å². The van der Waals surface area contributed by atoms with Crippen molar-refractivity contribution in [3.05, 3.63) is 23.8 Å². The maximum absolute atomic E-state index is 13.0. The van der Waals surface area contributed by atoms with Gasteiger partial charge in [-0.05, 0) is 43.3 Å². The van der Waals surface area contributed by atoms with Crippen LogP contribution in [0.15, 0.2) is 18.2 Å². The molecular formula is C20H29BF3N5O5S. The molecule has 194 valence electrons. The van der Waals surface area contributed by atoms with Gasteiger partial charge in [0.15, 0.2) is 0 Å². The van der Waals surface area contributed by atoms with Crippen molar-refractivity contribution in [3.63, 3.8) is 0 Å². The second kappa shape index (κ2) is 12.6. The molecule has 1 aliphatic carbocycles. The summed E-state index contributed by atoms with van der Waals surface area (Å²) >= 11 is 4.41. The minimum absolute atomic E-state index is 0.00768. The predicted octanol–water partition coefficient (Wildman–Crippen LogP) is -1.16. The summed E-state index contributed by atoms with van der Waals surface area (Å²) in [5, 5.41) is 25.7. The molecule has 4 unspecified atom stereocenters. The van der Waals surface area contributed by atoms with Crippen LogP contribution in [0.3, 0.4) is 0 Å². The number of carbonyl (C=O) groups excluding carboxylic acids is 3. The van der Waals surface area contributed by atoms with Crippen LogP contribution in [0.4, 0.5) is 18.9 Å². The SMILES string of the molecule is NC1CC(S)CC(NC(=O)CCC(N)C(=O)NCC(=O)Nc2cc(B(O)O)cc(C(F)(F)F)c2)C1. The van der Waals surface area contributed by atoms with Crippen molar-refractivity contribution < 1.29 is 37.6 Å². The Morgan fingerprint density at radius 2 is 1.83 bits per heavy atom. The summed E-state index contributed by atoms with van der Waals surface area (Å²) in [5.74, 6) is -1.88. The number of rotatable bonds is 9. The summed E-state index contributed by atoms with van der Waals surface area (Å²) in [6.45, 7) is -0.602. The maximum Gasteiger partial charge on any atom is 0.488 e. The first kappa shape index (κ1) is 28.9. The molecule has 0 radical (unpaired) electrons. The highest BCUT2D eigenvalue weighted by Crippen LogP contribution is 2.30. The molecule has 4 atom stereocenters. The molecule has 3 amide bonds. The lowest BCUT2D eigenvalue weighted by Crippen LogP contribution is -2.46. The molecule has 1 fully saturated rings. The minimum atomic E-state index is -4.78. The number of anilines is 1. The average molecular weight is 519 g/mol. The van der Waals surface area contributed by atoms with E-state index in [2.05, 4.69) is 28.6 Å². The Hall–Kier alpha value is -2.33. The fourth-order valence-corrected chi connectivity index (χ4v) is 4.23. The standard InChI is InChI=1S/C20H29BF3N5O5S/c22-20(23,24)10-3-11(21(33)34)5-13(4-10)29-18(31)9-27-19(32)16(26)1-2-17(30)28-14-6-12(25)7-15(35)8-14/h3-5,12,14-16,33-35H,1-2,6-9,25-26H2,(H,27,32)(H,28,30)(H,29,31). The fourth-order valence-electron chi connectivity index (χ4n) is 3.71. The molecule has 9 N–H and O–H groups in total. The highest BCUT2D eigenvalue weighted by molar-refractivity contribution is 7.80. The molecule has 0 saturated heterocycles. The van der Waals surface area contributed by atoms with E-state index in [9.17, 15) is 37.6 Å². The molecule has 1 aliphatic rings. The predicted molar refractivity (Wildman–Crippen MR) is 127 cm³/mol. The Bertz CT molecular complexity index is 914. The largest absolute Gasteiger partial charge is 0.488 e. The van der Waals surface area contributed by atoms with Gasteiger partial charge < -0.3 is 37.5 Å². The third kappa shape index (κ3) is 9.68. The first-order valence-electron chi connectivity index (χ1n) is 10.9. The monoisotopic (exact) mass is 519 g/mol. The lowest BCUT2D eigenvalue weighted by atomic mass is 9.79. The van der Waals surface area contributed by atoms with Crippen molar-refractivity contribution in [2.24, 2.45) is 11.5 Å². The highest BCUT2D eigenvalue weighted by atomic mass is 32.1. The van der Waals surface area contributed by atoms with E-state index in [1.165, 1.54) is 0 Å². The minimum Gasteiger partial charge on any atom is -0.423 e. The van der Waals surface area contributed by atoms with E-state index < -0.39 is 48.7 Å². The van der Waals surface area contributed by atoms with Gasteiger partial charge in [0.25, 0.3) is 0 Å². The van der Waals surface area contributed by atoms with Crippen molar-refractivity contribution in [1.82, 2.24) is 10.6 Å². The Morgan fingerprint density at radius 3 is 2.43 bits per heavy atom. The molecule has 1 aromatic carbocycles. The molecule has 35 heavy (non-hydrogen) atoms. The number of nitrogens with one attached hydrogen (secondary N) is 3. The van der Waals surface area contributed by atoms with E-state index in [1.54, 1.807) is 0 Å². The Morgan fingerprint density at radius 1 is 1.14 bits per heavy atom. The van der Waals surface area contributed by atoms with Crippen LogP contribution in [0.1, 0.15) is 37.7 Å². The van der Waals surface area contributed by atoms with Crippen LogP contribution in [0.25, 0.3) is 0 Å². The van der Waals surface area contributed by atoms with E-state index in [4.69, 9.17) is 11.5 Å². The molecule has 0 spiro atoms. The quantitative estimate of drug-likeness (QED) is 0.150. The van der Waals surface area contributed by atoms with Crippen LogP contribution in [0.2, 0.25) is 0 Å². The number of benzene rings is 1. The topological polar surface area (TPSA) is 180 Å². The number of hydrogen-bond donors (Lipinski definition) is 8. The van der Waals surface area contributed by atoms with Crippen LogP contribution < -0.4 is 32.9 Å². The number of thiol groups is 1. The van der Waals surface area contributed by atoms with E-state index >= 15 is 0 Å². The van der Waals surface area contributed by atoms with Gasteiger partial charge in [-0.2, -0.15) is 25.8 Å². The Labute approximate surface area is 205 Å². The molecule has 10 nitrogen and oxygen atoms in total. The lowest BCUT2D eigenvalue weighted by Gasteiger charge is -2.31. The normalized spacial score (nSPS) is 21.1. The number of halogens is 3. The molecular weight excluding hydrogens is 490 g/mol. The van der Waals surface area contributed by atoms with Gasteiger partial charge in [0.2, 0.25) is 17.7 Å². The van der Waals surface area contributed by atoms with Crippen LogP contribution in [-0.2, 0) is 20.6 Å². The third-order valence-corrected chi connectivity index (χ3v) is 5.81. The fraction of sp³-hybridized carbons (Fsp3) is 0.550. The van der Waals surface area contributed by atoms with Gasteiger partial charge in [-0.3, -0.25) is 14.4 Å². The summed E-state index contributed by atoms with van der Waals surface area (Å²) in [7, 11) is -2.18. The van der Waals surface area contributed by atoms with Crippen molar-refractivity contribution >= 4 is 48.6 Å². The van der Waals surface area contributed by atoms with Gasteiger partial charge in [0, 0.05) is 29.4 Å². The summed E-state index contributed by atoms with van der Waals surface area (Å²) in [4.78, 5) is 36.3. The summed E-state index contributed by atoms with van der Waals surface area (Å²) in [6, 6.07) is 0.864. The molecule has 0 aromatic heterocycles. The summed E-state index contributed by atoms with van der Waals surface area (Å²) in [5.41, 5.74) is 9.69. The van der Waals surface area contributed by atoms with Crippen LogP contribution in [-0.4, -0.2) is 64.8 Å². The Balaban J connectivity index is 1.80. The first-order valence-corrected chi connectivity index (χ1v) is 11.4. The van der Waals surface area contributed by atoms with Crippen molar-refractivity contribution in [2.75, 3.05) is 11.9 Å². The zero-order chi connectivity index (χ0) is 26.3. The zero-order valence-electron chi connectivity index (χ0n) is 18.7. The van der Waals surface area contributed by atoms with Gasteiger partial charge in [0.1, 0.15) is 0 Å². The van der Waals surface area contributed by atoms with Crippen molar-refractivity contribution in [1.29, 1.82) is 0 Å². The van der Waals surface area contributed by atoms with E-state index in [0.29, 0.717) is 25.0 Å². The summed E-state index contributed by atoms with van der Waals surface area (Å²) in [6.07, 6.45) is -2.71. The first-order chi connectivity index (χ1) is 16.2. The third-order valence-electron chi connectivity index (χ3n) is 5.39. The number of carbonyl (C=O) groups is 3. The number of amides is 3. The molecule has 2 rings (SSSR count). The van der Waals surface area contributed by atoms with Gasteiger partial charge in [-0.25, -0.2) is 0 Å². The molecule has 1 aromatic rings. The lowest BCUT2D eigenvalue weighted by molar-refractivity contribution is -0.137. The van der Waals surface area contributed by atoms with Gasteiger partial charge in [0.05, 0.1) is 18.2 Å². The number of nitrogens with two attached hydrogens (primary N) is 2. The summed E-state index contributed by atoms with van der Waals surface area (Å²) < 4.78 is 39.0. The van der Waals surface area contributed by atoms with Crippen LogP contribution in [0.5, 0.6) is 0 Å². The number of hydrogen-bond acceptors (Lipinski definition) is 8. The van der Waals surface area contributed by atoms with E-state index in [0.717, 1.165) is 12.5 Å². The van der Waals surface area contributed by atoms with E-state index in [1.807, 2.05) is 0 Å². The molecule has 15 heteroatoms. The van der Waals surface area contributed by atoms with Gasteiger partial charge >= 0.3 is 13.3 Å². The number of alkyl halides is 3. The molecule has 1 saturated carbocycles. The maximum atomic E-state index is 13.0. The van der Waals surface area contributed by atoms with Crippen LogP contribution >= 0.6 is 12.6 Å². The van der Waals surface area contributed by atoms with Gasteiger partial charge in [-0.1, -0.05) is 6.07 Å².